The van der Waals surface area contributed by atoms with Gasteiger partial charge in [-0.1, -0.05) is 30.3 Å². The van der Waals surface area contributed by atoms with E-state index in [2.05, 4.69) is 51.4 Å². The average Bonchev–Trinajstić information content (AvgIpc) is 3.31. The minimum absolute atomic E-state index is 0.923. The molecular formula is C22H32N4. The third-order valence-electron chi connectivity index (χ3n) is 6.33. The lowest BCUT2D eigenvalue weighted by Gasteiger charge is -2.34. The lowest BCUT2D eigenvalue weighted by Crippen LogP contribution is -2.36. The molecule has 140 valence electrons. The summed E-state index contributed by atoms with van der Waals surface area (Å²) in [5, 5.41) is 4.29. The number of nitrogens with zero attached hydrogens (tertiary/aromatic N) is 4. The molecule has 2 aromatic rings. The Hall–Kier alpha value is -1.65. The smallest absolute Gasteiger partial charge is 0.0534 e. The van der Waals surface area contributed by atoms with Crippen LogP contribution in [0, 0.1) is 11.8 Å². The van der Waals surface area contributed by atoms with Gasteiger partial charge in [0.2, 0.25) is 0 Å². The zero-order chi connectivity index (χ0) is 17.8. The Morgan fingerprint density at radius 1 is 0.923 bits per heavy atom. The summed E-state index contributed by atoms with van der Waals surface area (Å²) < 4.78 is 1.91. The second-order valence-corrected chi connectivity index (χ2v) is 8.22. The molecule has 1 unspecified atom stereocenters. The van der Waals surface area contributed by atoms with Gasteiger partial charge in [-0.3, -0.25) is 9.58 Å². The van der Waals surface area contributed by atoms with Gasteiger partial charge in [0, 0.05) is 38.4 Å². The van der Waals surface area contributed by atoms with E-state index in [0.717, 1.165) is 18.4 Å². The van der Waals surface area contributed by atoms with Crippen molar-refractivity contribution in [1.29, 1.82) is 0 Å². The molecule has 0 N–H and O–H groups in total. The Morgan fingerprint density at radius 2 is 1.65 bits per heavy atom. The van der Waals surface area contributed by atoms with Gasteiger partial charge in [-0.2, -0.15) is 5.10 Å². The van der Waals surface area contributed by atoms with Gasteiger partial charge in [0.1, 0.15) is 0 Å². The molecule has 0 spiro atoms. The first-order valence-electron chi connectivity index (χ1n) is 10.2. The molecule has 0 bridgehead atoms. The van der Waals surface area contributed by atoms with Gasteiger partial charge in [0.05, 0.1) is 6.20 Å². The number of aromatic nitrogens is 2. The Balaban J connectivity index is 1.19. The minimum atomic E-state index is 0.923. The second-order valence-electron chi connectivity index (χ2n) is 8.22. The van der Waals surface area contributed by atoms with Gasteiger partial charge < -0.3 is 4.90 Å². The number of rotatable bonds is 6. The van der Waals surface area contributed by atoms with Crippen LogP contribution in [0.1, 0.15) is 30.4 Å². The highest BCUT2D eigenvalue weighted by atomic mass is 15.2. The van der Waals surface area contributed by atoms with Crippen LogP contribution in [0.4, 0.5) is 0 Å². The zero-order valence-corrected chi connectivity index (χ0v) is 16.1. The molecule has 0 amide bonds. The molecule has 2 fully saturated rings. The first-order valence-corrected chi connectivity index (χ1v) is 10.2. The maximum atomic E-state index is 4.29. The van der Waals surface area contributed by atoms with Crippen LogP contribution in [0.25, 0.3) is 0 Å². The number of aryl methyl sites for hydroxylation is 1. The van der Waals surface area contributed by atoms with E-state index in [0.29, 0.717) is 0 Å². The summed E-state index contributed by atoms with van der Waals surface area (Å²) in [7, 11) is 2.00. The SMILES string of the molecule is Cn1cc(CN2CCC(C3CCN(CCc4ccccc4)C3)CC2)cn1. The summed E-state index contributed by atoms with van der Waals surface area (Å²) in [6.45, 7) is 7.41. The Labute approximate surface area is 157 Å². The predicted molar refractivity (Wildman–Crippen MR) is 106 cm³/mol. The highest BCUT2D eigenvalue weighted by Gasteiger charge is 2.31. The van der Waals surface area contributed by atoms with Crippen LogP contribution < -0.4 is 0 Å². The maximum absolute atomic E-state index is 4.29. The molecule has 2 aliphatic rings. The van der Waals surface area contributed by atoms with Gasteiger partial charge in [0.15, 0.2) is 0 Å². The number of piperidine rings is 1. The molecule has 1 aromatic carbocycles. The van der Waals surface area contributed by atoms with E-state index >= 15 is 0 Å². The molecule has 26 heavy (non-hydrogen) atoms. The fourth-order valence-corrected chi connectivity index (χ4v) is 4.78. The fourth-order valence-electron chi connectivity index (χ4n) is 4.78. The highest BCUT2D eigenvalue weighted by molar-refractivity contribution is 5.15. The first kappa shape index (κ1) is 17.7. The van der Waals surface area contributed by atoms with E-state index < -0.39 is 0 Å². The molecule has 4 heteroatoms. The minimum Gasteiger partial charge on any atom is -0.303 e. The van der Waals surface area contributed by atoms with Gasteiger partial charge in [-0.05, 0) is 62.7 Å². The molecular weight excluding hydrogens is 320 g/mol. The monoisotopic (exact) mass is 352 g/mol. The Morgan fingerprint density at radius 3 is 2.38 bits per heavy atom. The average molecular weight is 353 g/mol. The van der Waals surface area contributed by atoms with Gasteiger partial charge in [-0.25, -0.2) is 0 Å². The van der Waals surface area contributed by atoms with Crippen LogP contribution in [-0.4, -0.2) is 52.3 Å². The highest BCUT2D eigenvalue weighted by Crippen LogP contribution is 2.32. The van der Waals surface area contributed by atoms with Crippen molar-refractivity contribution in [2.45, 2.75) is 32.2 Å². The van der Waals surface area contributed by atoms with Crippen LogP contribution in [0.15, 0.2) is 42.7 Å². The molecule has 4 rings (SSSR count). The third kappa shape index (κ3) is 4.54. The molecule has 3 heterocycles. The van der Waals surface area contributed by atoms with Crippen molar-refractivity contribution in [3.8, 4) is 0 Å². The van der Waals surface area contributed by atoms with Crippen molar-refractivity contribution in [3.05, 3.63) is 53.9 Å². The maximum Gasteiger partial charge on any atom is 0.0534 e. The van der Waals surface area contributed by atoms with Crippen molar-refractivity contribution >= 4 is 0 Å². The van der Waals surface area contributed by atoms with Crippen molar-refractivity contribution in [2.24, 2.45) is 18.9 Å². The predicted octanol–water partition coefficient (Wildman–Crippen LogP) is 3.20. The van der Waals surface area contributed by atoms with Crippen LogP contribution in [-0.2, 0) is 20.0 Å². The zero-order valence-electron chi connectivity index (χ0n) is 16.1. The molecule has 0 aliphatic carbocycles. The standard InChI is InChI=1S/C22H32N4/c1-24-16-20(15-23-24)17-25-12-8-21(9-13-25)22-10-14-26(18-22)11-7-19-5-3-2-4-6-19/h2-6,15-16,21-22H,7-14,17-18H2,1H3. The third-order valence-corrected chi connectivity index (χ3v) is 6.33. The lowest BCUT2D eigenvalue weighted by molar-refractivity contribution is 0.141. The van der Waals surface area contributed by atoms with Gasteiger partial charge >= 0.3 is 0 Å². The Kier molecular flexibility index (Phi) is 5.71. The summed E-state index contributed by atoms with van der Waals surface area (Å²) in [6.07, 6.45) is 9.50. The van der Waals surface area contributed by atoms with Gasteiger partial charge in [-0.15, -0.1) is 0 Å². The van der Waals surface area contributed by atoms with Crippen molar-refractivity contribution in [2.75, 3.05) is 32.7 Å². The van der Waals surface area contributed by atoms with E-state index in [9.17, 15) is 0 Å². The van der Waals surface area contributed by atoms with E-state index in [1.54, 1.807) is 0 Å². The number of benzene rings is 1. The van der Waals surface area contributed by atoms with Crippen molar-refractivity contribution in [3.63, 3.8) is 0 Å². The van der Waals surface area contributed by atoms with Crippen LogP contribution >= 0.6 is 0 Å². The van der Waals surface area contributed by atoms with Crippen molar-refractivity contribution in [1.82, 2.24) is 19.6 Å². The normalized spacial score (nSPS) is 22.9. The number of hydrogen-bond donors (Lipinski definition) is 0. The first-order chi connectivity index (χ1) is 12.8. The van der Waals surface area contributed by atoms with Gasteiger partial charge in [0.25, 0.3) is 0 Å². The van der Waals surface area contributed by atoms with E-state index in [1.165, 1.54) is 69.5 Å². The quantitative estimate of drug-likeness (QED) is 0.798. The summed E-state index contributed by atoms with van der Waals surface area (Å²) in [5.41, 5.74) is 2.82. The van der Waals surface area contributed by atoms with Crippen molar-refractivity contribution < 1.29 is 0 Å². The second kappa shape index (κ2) is 8.36. The fraction of sp³-hybridized carbons (Fsp3) is 0.591. The van der Waals surface area contributed by atoms with Crippen LogP contribution in [0.3, 0.4) is 0 Å². The molecule has 4 nitrogen and oxygen atoms in total. The van der Waals surface area contributed by atoms with Crippen LogP contribution in [0.2, 0.25) is 0 Å². The summed E-state index contributed by atoms with van der Waals surface area (Å²) in [4.78, 5) is 5.30. The van der Waals surface area contributed by atoms with Crippen LogP contribution in [0.5, 0.6) is 0 Å². The summed E-state index contributed by atoms with van der Waals surface area (Å²) in [6, 6.07) is 10.9. The number of likely N-dealkylation sites (tertiary alicyclic amines) is 2. The molecule has 2 saturated heterocycles. The van der Waals surface area contributed by atoms with E-state index in [4.69, 9.17) is 0 Å². The number of hydrogen-bond acceptors (Lipinski definition) is 3. The topological polar surface area (TPSA) is 24.3 Å². The lowest BCUT2D eigenvalue weighted by atomic mass is 9.83. The molecule has 1 atom stereocenters. The largest absolute Gasteiger partial charge is 0.303 e. The molecule has 0 radical (unpaired) electrons. The molecule has 0 saturated carbocycles. The Bertz CT molecular complexity index is 672. The molecule has 1 aromatic heterocycles. The molecule has 2 aliphatic heterocycles. The summed E-state index contributed by atoms with van der Waals surface area (Å²) in [5.74, 6) is 1.85. The summed E-state index contributed by atoms with van der Waals surface area (Å²) >= 11 is 0. The van der Waals surface area contributed by atoms with E-state index in [1.807, 2.05) is 17.9 Å². The van der Waals surface area contributed by atoms with E-state index in [-0.39, 0.29) is 0 Å².